The van der Waals surface area contributed by atoms with Crippen LogP contribution in [0, 0.1) is 0 Å². The highest BCUT2D eigenvalue weighted by molar-refractivity contribution is 5.68. The van der Waals surface area contributed by atoms with Crippen LogP contribution in [0.4, 0.5) is 13.2 Å². The van der Waals surface area contributed by atoms with E-state index in [9.17, 15) is 13.2 Å². The molecule has 0 saturated heterocycles. The summed E-state index contributed by atoms with van der Waals surface area (Å²) in [5, 5.41) is 5.71. The topological polar surface area (TPSA) is 47.1 Å². The SMILES string of the molecule is CCCOc1cc(OC)ccc1-c1cc(C(F)(F)F)[nH]n1. The van der Waals surface area contributed by atoms with Crippen LogP contribution in [-0.2, 0) is 6.18 Å². The summed E-state index contributed by atoms with van der Waals surface area (Å²) in [5.74, 6) is 1.01. The number of aromatic amines is 1. The lowest BCUT2D eigenvalue weighted by atomic mass is 10.1. The molecule has 0 saturated carbocycles. The van der Waals surface area contributed by atoms with E-state index in [-0.39, 0.29) is 5.69 Å². The van der Waals surface area contributed by atoms with Gasteiger partial charge in [0.05, 0.1) is 19.4 Å². The molecule has 4 nitrogen and oxygen atoms in total. The summed E-state index contributed by atoms with van der Waals surface area (Å²) < 4.78 is 48.5. The molecule has 0 fully saturated rings. The molecule has 1 heterocycles. The van der Waals surface area contributed by atoms with Crippen LogP contribution in [0.5, 0.6) is 11.5 Å². The van der Waals surface area contributed by atoms with Crippen LogP contribution in [0.2, 0.25) is 0 Å². The normalized spacial score (nSPS) is 11.5. The number of nitrogens with zero attached hydrogens (tertiary/aromatic N) is 1. The van der Waals surface area contributed by atoms with Gasteiger partial charge in [-0.1, -0.05) is 6.92 Å². The Bertz CT molecular complexity index is 609. The Balaban J connectivity index is 2.40. The largest absolute Gasteiger partial charge is 0.497 e. The third kappa shape index (κ3) is 3.48. The van der Waals surface area contributed by atoms with Gasteiger partial charge < -0.3 is 9.47 Å². The minimum Gasteiger partial charge on any atom is -0.497 e. The van der Waals surface area contributed by atoms with Crippen LogP contribution >= 0.6 is 0 Å². The predicted octanol–water partition coefficient (Wildman–Crippen LogP) is 3.89. The van der Waals surface area contributed by atoms with Crippen molar-refractivity contribution in [2.24, 2.45) is 0 Å². The summed E-state index contributed by atoms with van der Waals surface area (Å²) in [4.78, 5) is 0. The van der Waals surface area contributed by atoms with Gasteiger partial charge in [-0.3, -0.25) is 5.10 Å². The third-order valence-corrected chi connectivity index (χ3v) is 2.81. The number of rotatable bonds is 5. The molecule has 0 aliphatic rings. The van der Waals surface area contributed by atoms with Gasteiger partial charge in [-0.25, -0.2) is 0 Å². The molecule has 0 amide bonds. The average molecular weight is 300 g/mol. The molecule has 21 heavy (non-hydrogen) atoms. The van der Waals surface area contributed by atoms with Crippen molar-refractivity contribution in [3.05, 3.63) is 30.0 Å². The summed E-state index contributed by atoms with van der Waals surface area (Å²) in [6.45, 7) is 2.40. The molecule has 0 atom stereocenters. The van der Waals surface area contributed by atoms with Crippen molar-refractivity contribution in [1.82, 2.24) is 10.2 Å². The van der Waals surface area contributed by atoms with Gasteiger partial charge in [0.2, 0.25) is 0 Å². The van der Waals surface area contributed by atoms with E-state index in [1.807, 2.05) is 12.0 Å². The fraction of sp³-hybridized carbons (Fsp3) is 0.357. The van der Waals surface area contributed by atoms with Crippen LogP contribution < -0.4 is 9.47 Å². The van der Waals surface area contributed by atoms with Crippen molar-refractivity contribution in [2.45, 2.75) is 19.5 Å². The molecule has 114 valence electrons. The summed E-state index contributed by atoms with van der Waals surface area (Å²) in [6.07, 6.45) is -3.67. The second-order valence-electron chi connectivity index (χ2n) is 4.38. The molecular weight excluding hydrogens is 285 g/mol. The maximum atomic E-state index is 12.6. The van der Waals surface area contributed by atoms with Crippen molar-refractivity contribution in [3.8, 4) is 22.8 Å². The Kier molecular flexibility index (Phi) is 4.40. The summed E-state index contributed by atoms with van der Waals surface area (Å²) in [6, 6.07) is 5.86. The molecule has 1 aromatic heterocycles. The molecule has 7 heteroatoms. The first-order chi connectivity index (χ1) is 9.95. The van der Waals surface area contributed by atoms with E-state index in [0.717, 1.165) is 12.5 Å². The van der Waals surface area contributed by atoms with Crippen LogP contribution in [0.1, 0.15) is 19.0 Å². The zero-order valence-corrected chi connectivity index (χ0v) is 11.6. The molecule has 0 aliphatic heterocycles. The first kappa shape index (κ1) is 15.2. The molecule has 2 aromatic rings. The maximum Gasteiger partial charge on any atom is 0.432 e. The van der Waals surface area contributed by atoms with Gasteiger partial charge in [0, 0.05) is 11.6 Å². The molecule has 0 radical (unpaired) electrons. The van der Waals surface area contributed by atoms with Crippen LogP contribution in [-0.4, -0.2) is 23.9 Å². The van der Waals surface area contributed by atoms with E-state index in [0.29, 0.717) is 23.7 Å². The van der Waals surface area contributed by atoms with Gasteiger partial charge >= 0.3 is 6.18 Å². The number of benzene rings is 1. The number of H-pyrrole nitrogens is 1. The first-order valence-electron chi connectivity index (χ1n) is 6.39. The fourth-order valence-electron chi connectivity index (χ4n) is 1.78. The van der Waals surface area contributed by atoms with Gasteiger partial charge in [-0.05, 0) is 24.6 Å². The van der Waals surface area contributed by atoms with Crippen molar-refractivity contribution in [2.75, 3.05) is 13.7 Å². The number of nitrogens with one attached hydrogen (secondary N) is 1. The predicted molar refractivity (Wildman–Crippen MR) is 71.4 cm³/mol. The van der Waals surface area contributed by atoms with Crippen molar-refractivity contribution >= 4 is 0 Å². The van der Waals surface area contributed by atoms with Crippen LogP contribution in [0.25, 0.3) is 11.3 Å². The second kappa shape index (κ2) is 6.07. The Morgan fingerprint density at radius 3 is 2.57 bits per heavy atom. The quantitative estimate of drug-likeness (QED) is 0.911. The number of hydrogen-bond acceptors (Lipinski definition) is 3. The fourth-order valence-corrected chi connectivity index (χ4v) is 1.78. The van der Waals surface area contributed by atoms with E-state index in [1.54, 1.807) is 18.2 Å². The Morgan fingerprint density at radius 1 is 1.24 bits per heavy atom. The maximum absolute atomic E-state index is 12.6. The average Bonchev–Trinajstić information content (AvgIpc) is 2.94. The van der Waals surface area contributed by atoms with E-state index >= 15 is 0 Å². The minimum absolute atomic E-state index is 0.177. The smallest absolute Gasteiger partial charge is 0.432 e. The lowest BCUT2D eigenvalue weighted by Crippen LogP contribution is -2.04. The zero-order chi connectivity index (χ0) is 15.5. The Hall–Kier alpha value is -2.18. The number of halogens is 3. The highest BCUT2D eigenvalue weighted by Crippen LogP contribution is 2.35. The Morgan fingerprint density at radius 2 is 2.00 bits per heavy atom. The standard InChI is InChI=1S/C14H15F3N2O2/c1-3-6-21-12-7-9(20-2)4-5-10(12)11-8-13(19-18-11)14(15,16)17/h4-5,7-8H,3,6H2,1-2H3,(H,18,19). The number of ether oxygens (including phenoxy) is 2. The molecule has 1 N–H and O–H groups in total. The molecule has 1 aromatic carbocycles. The Labute approximate surface area is 119 Å². The van der Waals surface area contributed by atoms with Gasteiger partial charge in [0.15, 0.2) is 0 Å². The molecule has 2 rings (SSSR count). The number of alkyl halides is 3. The van der Waals surface area contributed by atoms with Crippen molar-refractivity contribution < 1.29 is 22.6 Å². The first-order valence-corrected chi connectivity index (χ1v) is 6.39. The monoisotopic (exact) mass is 300 g/mol. The third-order valence-electron chi connectivity index (χ3n) is 2.81. The summed E-state index contributed by atoms with van der Waals surface area (Å²) in [5.41, 5.74) is -0.234. The summed E-state index contributed by atoms with van der Waals surface area (Å²) >= 11 is 0. The molecule has 0 bridgehead atoms. The highest BCUT2D eigenvalue weighted by atomic mass is 19.4. The van der Waals surface area contributed by atoms with Gasteiger partial charge in [-0.15, -0.1) is 0 Å². The molecular formula is C14H15F3N2O2. The number of aromatic nitrogens is 2. The van der Waals surface area contributed by atoms with E-state index in [4.69, 9.17) is 9.47 Å². The van der Waals surface area contributed by atoms with Gasteiger partial charge in [0.25, 0.3) is 0 Å². The number of methoxy groups -OCH3 is 1. The van der Waals surface area contributed by atoms with Crippen molar-refractivity contribution in [1.29, 1.82) is 0 Å². The minimum atomic E-state index is -4.46. The number of hydrogen-bond donors (Lipinski definition) is 1. The zero-order valence-electron chi connectivity index (χ0n) is 11.6. The molecule has 0 unspecified atom stereocenters. The second-order valence-corrected chi connectivity index (χ2v) is 4.38. The van der Waals surface area contributed by atoms with Gasteiger partial charge in [-0.2, -0.15) is 18.3 Å². The van der Waals surface area contributed by atoms with E-state index in [2.05, 4.69) is 5.10 Å². The molecule has 0 spiro atoms. The van der Waals surface area contributed by atoms with E-state index in [1.165, 1.54) is 7.11 Å². The lowest BCUT2D eigenvalue weighted by Gasteiger charge is -2.11. The molecule has 0 aliphatic carbocycles. The lowest BCUT2D eigenvalue weighted by molar-refractivity contribution is -0.141. The van der Waals surface area contributed by atoms with Crippen LogP contribution in [0.15, 0.2) is 24.3 Å². The van der Waals surface area contributed by atoms with Crippen LogP contribution in [0.3, 0.4) is 0 Å². The van der Waals surface area contributed by atoms with E-state index < -0.39 is 11.9 Å². The van der Waals surface area contributed by atoms with Crippen molar-refractivity contribution in [3.63, 3.8) is 0 Å². The summed E-state index contributed by atoms with van der Waals surface area (Å²) in [7, 11) is 1.51. The van der Waals surface area contributed by atoms with Gasteiger partial charge in [0.1, 0.15) is 17.2 Å². The highest BCUT2D eigenvalue weighted by Gasteiger charge is 2.33.